The Morgan fingerprint density at radius 2 is 0.875 bits per heavy atom. The first-order valence-corrected chi connectivity index (χ1v) is 15.0. The van der Waals surface area contributed by atoms with Gasteiger partial charge in [0.15, 0.2) is 0 Å². The molecule has 24 heavy (non-hydrogen) atoms. The molecule has 136 valence electrons. The van der Waals surface area contributed by atoms with Gasteiger partial charge < -0.3 is 0 Å². The fourth-order valence-corrected chi connectivity index (χ4v) is 20.1. The molecule has 0 N–H and O–H groups in total. The summed E-state index contributed by atoms with van der Waals surface area (Å²) < 4.78 is 0.00154. The Morgan fingerprint density at radius 3 is 1.25 bits per heavy atom. The summed E-state index contributed by atoms with van der Waals surface area (Å²) >= 11 is 0. The highest BCUT2D eigenvalue weighted by atomic mass is 32.3. The summed E-state index contributed by atoms with van der Waals surface area (Å²) in [6.45, 7) is 0. The molecule has 5 fully saturated rings. The van der Waals surface area contributed by atoms with Gasteiger partial charge in [-0.15, -0.1) is 0 Å². The molecule has 5 aliphatic heterocycles. The maximum atomic E-state index is 2.81. The minimum absolute atomic E-state index is 0.00154. The Labute approximate surface area is 156 Å². The van der Waals surface area contributed by atoms with Crippen LogP contribution < -0.4 is 0 Å². The summed E-state index contributed by atoms with van der Waals surface area (Å²) in [5.41, 5.74) is 3.50. The molecule has 0 nitrogen and oxygen atoms in total. The first kappa shape index (κ1) is 17.0. The fourth-order valence-electron chi connectivity index (χ4n) is 9.64. The third-order valence-corrected chi connectivity index (χ3v) is 18.5. The zero-order valence-corrected chi connectivity index (χ0v) is 17.8. The molecule has 0 aromatic carbocycles. The van der Waals surface area contributed by atoms with Gasteiger partial charge in [0, 0.05) is 0 Å². The molecule has 0 saturated carbocycles. The van der Waals surface area contributed by atoms with Gasteiger partial charge in [-0.05, 0) is 0 Å². The predicted molar refractivity (Wildman–Crippen MR) is 118 cm³/mol. The second kappa shape index (κ2) is 6.18. The van der Waals surface area contributed by atoms with E-state index in [0.29, 0.717) is 0 Å². The normalized spacial score (nSPS) is 57.2. The van der Waals surface area contributed by atoms with Crippen molar-refractivity contribution in [3.63, 3.8) is 0 Å². The van der Waals surface area contributed by atoms with E-state index in [1.807, 2.05) is 0 Å². The van der Waals surface area contributed by atoms with E-state index >= 15 is 0 Å². The molecule has 5 aliphatic rings. The van der Waals surface area contributed by atoms with E-state index in [-0.39, 0.29) is 10.8 Å². The Bertz CT molecular complexity index is 436. The van der Waals surface area contributed by atoms with E-state index in [0.717, 1.165) is 21.5 Å². The summed E-state index contributed by atoms with van der Waals surface area (Å²) in [7, 11) is 1.56. The van der Waals surface area contributed by atoms with Crippen LogP contribution in [0.3, 0.4) is 0 Å². The Morgan fingerprint density at radius 1 is 0.542 bits per heavy atom. The second-order valence-corrected chi connectivity index (χ2v) is 16.0. The van der Waals surface area contributed by atoms with E-state index in [1.54, 1.807) is 88.4 Å². The molecule has 2 atom stereocenters. The van der Waals surface area contributed by atoms with Crippen LogP contribution in [0.5, 0.6) is 0 Å². The lowest BCUT2D eigenvalue weighted by Gasteiger charge is -2.65. The topological polar surface area (TPSA) is 0 Å². The maximum absolute atomic E-state index is 2.81. The highest BCUT2D eigenvalue weighted by molar-refractivity contribution is 8.56. The molecular formula is C20H38B2S2. The first-order valence-electron chi connectivity index (χ1n) is 11.3. The van der Waals surface area contributed by atoms with Crippen LogP contribution in [-0.2, 0) is 21.5 Å². The first-order chi connectivity index (χ1) is 11.7. The zero-order chi connectivity index (χ0) is 16.4. The minimum atomic E-state index is 0.00154. The van der Waals surface area contributed by atoms with Crippen LogP contribution in [0.1, 0.15) is 77.0 Å². The molecule has 0 amide bonds. The van der Waals surface area contributed by atoms with Gasteiger partial charge in [0.25, 0.3) is 0 Å². The summed E-state index contributed by atoms with van der Waals surface area (Å²) in [6, 6.07) is 0. The van der Waals surface area contributed by atoms with E-state index in [9.17, 15) is 0 Å². The van der Waals surface area contributed by atoms with Gasteiger partial charge in [-0.25, -0.2) is 21.5 Å². The lowest BCUT2D eigenvalue weighted by Crippen LogP contribution is -2.74. The third-order valence-electron chi connectivity index (χ3n) is 10.2. The summed E-state index contributed by atoms with van der Waals surface area (Å²) in [4.78, 5) is 0. The zero-order valence-electron chi connectivity index (χ0n) is 16.2. The van der Waals surface area contributed by atoms with Crippen molar-refractivity contribution in [1.82, 2.24) is 0 Å². The van der Waals surface area contributed by atoms with Gasteiger partial charge in [0.05, 0.1) is 12.5 Å². The average Bonchev–Trinajstić information content (AvgIpc) is 2.52. The van der Waals surface area contributed by atoms with E-state index < -0.39 is 0 Å². The molecule has 0 radical (unpaired) electrons. The fraction of sp³-hybridized carbons (Fsp3) is 1.00. The van der Waals surface area contributed by atoms with Crippen molar-refractivity contribution in [1.29, 1.82) is 0 Å². The van der Waals surface area contributed by atoms with E-state index in [2.05, 4.69) is 12.5 Å². The van der Waals surface area contributed by atoms with Crippen molar-refractivity contribution >= 4 is 32.3 Å². The lowest BCUT2D eigenvalue weighted by atomic mass is 9.11. The molecule has 5 heterocycles. The maximum Gasteiger partial charge on any atom is 0.430 e. The lowest BCUT2D eigenvalue weighted by molar-refractivity contribution is 0.431. The standard InChI is InChI=1S/C20H38B2S2/c1-23-15-21(17-7-3-8-18(21)10-4-9-17)16-24(2)22(23)19-11-5-12-20(22)14-6-13-19/h17-20H,3-16H2,1-2H3. The number of hydrogen-bond donors (Lipinski definition) is 0. The van der Waals surface area contributed by atoms with E-state index in [1.165, 1.54) is 23.3 Å². The van der Waals surface area contributed by atoms with Crippen LogP contribution in [0.25, 0.3) is 0 Å². The molecule has 0 aromatic heterocycles. The minimum Gasteiger partial charge on any atom is -0.206 e. The molecule has 4 bridgehead atoms. The third kappa shape index (κ3) is 2.17. The Hall–Kier alpha value is 0.830. The molecule has 5 saturated heterocycles. The quantitative estimate of drug-likeness (QED) is 0.383. The SMILES string of the molecule is C[S+]1C[B-]2(C[S+](C)[B-]13C1CCCC3CCC1)C1CCCC2CCC1. The molecule has 2 spiro atoms. The Balaban J connectivity index is 1.51. The summed E-state index contributed by atoms with van der Waals surface area (Å²) in [5, 5.41) is 0. The van der Waals surface area contributed by atoms with Crippen molar-refractivity contribution in [3.8, 4) is 0 Å². The molecule has 2 unspecified atom stereocenters. The predicted octanol–water partition coefficient (Wildman–Crippen LogP) is 5.68. The highest BCUT2D eigenvalue weighted by Crippen LogP contribution is 2.63. The van der Waals surface area contributed by atoms with Crippen LogP contribution >= 0.6 is 0 Å². The molecule has 0 aliphatic carbocycles. The van der Waals surface area contributed by atoms with Crippen molar-refractivity contribution in [2.45, 2.75) is 100 Å². The van der Waals surface area contributed by atoms with Gasteiger partial charge in [-0.1, -0.05) is 100.0 Å². The van der Waals surface area contributed by atoms with Crippen LogP contribution in [0, 0.1) is 0 Å². The highest BCUT2D eigenvalue weighted by Gasteiger charge is 2.70. The van der Waals surface area contributed by atoms with Gasteiger partial charge in [0.2, 0.25) is 0 Å². The molecule has 4 heteroatoms. The Kier molecular flexibility index (Phi) is 4.37. The monoisotopic (exact) mass is 364 g/mol. The van der Waals surface area contributed by atoms with Gasteiger partial charge in [0.1, 0.15) is 6.15 Å². The van der Waals surface area contributed by atoms with Crippen LogP contribution in [0.4, 0.5) is 0 Å². The smallest absolute Gasteiger partial charge is 0.206 e. The van der Waals surface area contributed by atoms with Crippen molar-refractivity contribution in [3.05, 3.63) is 0 Å². The molecule has 5 rings (SSSR count). The molecular weight excluding hydrogens is 326 g/mol. The van der Waals surface area contributed by atoms with Crippen molar-refractivity contribution in [2.75, 3.05) is 23.8 Å². The second-order valence-electron chi connectivity index (χ2n) is 10.7. The summed E-state index contributed by atoms with van der Waals surface area (Å²) in [5.74, 6) is 4.77. The van der Waals surface area contributed by atoms with Crippen LogP contribution in [0.2, 0.25) is 23.3 Å². The van der Waals surface area contributed by atoms with Gasteiger partial charge in [-0.2, -0.15) is 11.6 Å². The van der Waals surface area contributed by atoms with Crippen molar-refractivity contribution < 1.29 is 0 Å². The largest absolute Gasteiger partial charge is 0.430 e. The summed E-state index contributed by atoms with van der Waals surface area (Å²) in [6.07, 6.45) is 24.9. The number of rotatable bonds is 0. The average molecular weight is 364 g/mol. The van der Waals surface area contributed by atoms with Crippen molar-refractivity contribution in [2.24, 2.45) is 0 Å². The van der Waals surface area contributed by atoms with Crippen LogP contribution in [0.15, 0.2) is 0 Å². The van der Waals surface area contributed by atoms with Crippen LogP contribution in [-0.4, -0.2) is 34.7 Å². The van der Waals surface area contributed by atoms with Gasteiger partial charge >= 0.3 is 4.70 Å². The molecule has 0 aromatic rings. The number of hydrogen-bond acceptors (Lipinski definition) is 0. The van der Waals surface area contributed by atoms with E-state index in [4.69, 9.17) is 0 Å². The van der Waals surface area contributed by atoms with Gasteiger partial charge in [-0.3, -0.25) is 0 Å².